The van der Waals surface area contributed by atoms with Crippen molar-refractivity contribution in [2.75, 3.05) is 12.3 Å². The fourth-order valence-corrected chi connectivity index (χ4v) is 2.40. The van der Waals surface area contributed by atoms with Gasteiger partial charge in [0.2, 0.25) is 0 Å². The molecule has 1 aromatic rings. The summed E-state index contributed by atoms with van der Waals surface area (Å²) in [6.45, 7) is 5.04. The molecule has 1 aromatic carbocycles. The number of rotatable bonds is 6. The highest BCUT2D eigenvalue weighted by molar-refractivity contribution is 7.99. The minimum absolute atomic E-state index is 0.489. The lowest BCUT2D eigenvalue weighted by molar-refractivity contribution is 0.588. The molecule has 86 valence electrons. The summed E-state index contributed by atoms with van der Waals surface area (Å²) in [5, 5.41) is 3.46. The Hall–Kier alpha value is -0.910. The Morgan fingerprint density at radius 3 is 2.69 bits per heavy atom. The molecule has 0 heterocycles. The summed E-state index contributed by atoms with van der Waals surface area (Å²) < 4.78 is 0. The molecule has 2 heteroatoms. The molecule has 0 bridgehead atoms. The van der Waals surface area contributed by atoms with Crippen molar-refractivity contribution < 1.29 is 0 Å². The third-order valence-electron chi connectivity index (χ3n) is 2.21. The van der Waals surface area contributed by atoms with E-state index in [1.54, 1.807) is 0 Å². The summed E-state index contributed by atoms with van der Waals surface area (Å²) in [5.74, 6) is 7.18. The van der Waals surface area contributed by atoms with Crippen molar-refractivity contribution in [3.8, 4) is 11.8 Å². The average molecular weight is 233 g/mol. The first kappa shape index (κ1) is 13.2. The molecule has 0 radical (unpaired) electrons. The van der Waals surface area contributed by atoms with Gasteiger partial charge in [-0.25, -0.2) is 0 Å². The molecule has 0 spiro atoms. The van der Waals surface area contributed by atoms with Crippen molar-refractivity contribution >= 4 is 11.8 Å². The Morgan fingerprint density at radius 1 is 1.31 bits per heavy atom. The van der Waals surface area contributed by atoms with Crippen molar-refractivity contribution in [3.05, 3.63) is 30.3 Å². The third-order valence-corrected chi connectivity index (χ3v) is 3.39. The van der Waals surface area contributed by atoms with Gasteiger partial charge in [0.05, 0.1) is 0 Å². The summed E-state index contributed by atoms with van der Waals surface area (Å²) in [6.07, 6.45) is 0.935. The zero-order valence-corrected chi connectivity index (χ0v) is 10.8. The quantitative estimate of drug-likeness (QED) is 0.598. The van der Waals surface area contributed by atoms with E-state index in [1.165, 1.54) is 4.90 Å². The molecule has 16 heavy (non-hydrogen) atoms. The summed E-state index contributed by atoms with van der Waals surface area (Å²) in [4.78, 5) is 1.33. The van der Waals surface area contributed by atoms with Crippen LogP contribution in [0.3, 0.4) is 0 Å². The predicted octanol–water partition coefficient (Wildman–Crippen LogP) is 3.17. The van der Waals surface area contributed by atoms with Crippen LogP contribution >= 0.6 is 11.8 Å². The number of hydrogen-bond acceptors (Lipinski definition) is 2. The van der Waals surface area contributed by atoms with Gasteiger partial charge in [0.25, 0.3) is 0 Å². The van der Waals surface area contributed by atoms with Crippen molar-refractivity contribution in [3.63, 3.8) is 0 Å². The van der Waals surface area contributed by atoms with Gasteiger partial charge in [-0.05, 0) is 25.6 Å². The Kier molecular flexibility index (Phi) is 6.80. The van der Waals surface area contributed by atoms with Crippen molar-refractivity contribution in [2.24, 2.45) is 0 Å². The molecule has 0 amide bonds. The standard InChI is InChI=1S/C14H19NS/c1-3-5-9-13(15-4-2)12-16-14-10-7-6-8-11-14/h6-8,10-11,13,15H,4,9,12H2,1-2H3. The zero-order valence-electron chi connectivity index (χ0n) is 9.99. The Balaban J connectivity index is 2.39. The second-order valence-corrected chi connectivity index (χ2v) is 4.60. The topological polar surface area (TPSA) is 12.0 Å². The van der Waals surface area contributed by atoms with E-state index in [9.17, 15) is 0 Å². The van der Waals surface area contributed by atoms with E-state index in [0.717, 1.165) is 18.7 Å². The molecular weight excluding hydrogens is 214 g/mol. The minimum atomic E-state index is 0.489. The van der Waals surface area contributed by atoms with Crippen LogP contribution in [0.2, 0.25) is 0 Å². The summed E-state index contributed by atoms with van der Waals surface area (Å²) in [6, 6.07) is 11.0. The van der Waals surface area contributed by atoms with Crippen LogP contribution in [0.25, 0.3) is 0 Å². The maximum Gasteiger partial charge on any atom is 0.0271 e. The molecular formula is C14H19NS. The zero-order chi connectivity index (χ0) is 11.6. The highest BCUT2D eigenvalue weighted by atomic mass is 32.2. The Morgan fingerprint density at radius 2 is 2.06 bits per heavy atom. The second kappa shape index (κ2) is 8.27. The van der Waals surface area contributed by atoms with Crippen molar-refractivity contribution in [1.29, 1.82) is 0 Å². The van der Waals surface area contributed by atoms with Crippen molar-refractivity contribution in [1.82, 2.24) is 5.32 Å². The highest BCUT2D eigenvalue weighted by Gasteiger charge is 2.05. The van der Waals surface area contributed by atoms with Crippen LogP contribution in [0.4, 0.5) is 0 Å². The number of benzene rings is 1. The van der Waals surface area contributed by atoms with Crippen molar-refractivity contribution in [2.45, 2.75) is 31.2 Å². The van der Waals surface area contributed by atoms with E-state index >= 15 is 0 Å². The average Bonchev–Trinajstić information content (AvgIpc) is 2.34. The third kappa shape index (κ3) is 5.25. The number of hydrogen-bond donors (Lipinski definition) is 1. The maximum atomic E-state index is 3.46. The molecule has 0 aliphatic rings. The van der Waals surface area contributed by atoms with Gasteiger partial charge in [0.15, 0.2) is 0 Å². The van der Waals surface area contributed by atoms with Crippen LogP contribution in [-0.2, 0) is 0 Å². The number of nitrogens with one attached hydrogen (secondary N) is 1. The summed E-state index contributed by atoms with van der Waals surface area (Å²) in [5.41, 5.74) is 0. The van der Waals surface area contributed by atoms with Crippen LogP contribution in [0.1, 0.15) is 20.3 Å². The smallest absolute Gasteiger partial charge is 0.0271 e. The van der Waals surface area contributed by atoms with Crippen LogP contribution in [0, 0.1) is 11.8 Å². The van der Waals surface area contributed by atoms with E-state index in [1.807, 2.05) is 24.8 Å². The fourth-order valence-electron chi connectivity index (χ4n) is 1.42. The van der Waals surface area contributed by atoms with Crippen LogP contribution in [0.15, 0.2) is 35.2 Å². The first-order valence-corrected chi connectivity index (χ1v) is 6.66. The molecule has 0 aliphatic carbocycles. The molecule has 0 aromatic heterocycles. The minimum Gasteiger partial charge on any atom is -0.312 e. The van der Waals surface area contributed by atoms with Gasteiger partial charge >= 0.3 is 0 Å². The van der Waals surface area contributed by atoms with E-state index < -0.39 is 0 Å². The van der Waals surface area contributed by atoms with Gasteiger partial charge in [-0.1, -0.05) is 25.1 Å². The predicted molar refractivity (Wildman–Crippen MR) is 72.7 cm³/mol. The molecule has 1 unspecified atom stereocenters. The Bertz CT molecular complexity index is 337. The SMILES string of the molecule is CC#CCC(CSc1ccccc1)NCC. The molecule has 1 rings (SSSR count). The molecule has 1 N–H and O–H groups in total. The van der Waals surface area contributed by atoms with Gasteiger partial charge in [-0.3, -0.25) is 0 Å². The van der Waals surface area contributed by atoms with Crippen LogP contribution in [-0.4, -0.2) is 18.3 Å². The van der Waals surface area contributed by atoms with E-state index in [0.29, 0.717) is 6.04 Å². The molecule has 1 nitrogen and oxygen atoms in total. The summed E-state index contributed by atoms with van der Waals surface area (Å²) >= 11 is 1.89. The van der Waals surface area contributed by atoms with E-state index in [4.69, 9.17) is 0 Å². The first-order chi connectivity index (χ1) is 7.86. The lowest BCUT2D eigenvalue weighted by Gasteiger charge is -2.14. The van der Waals surface area contributed by atoms with Crippen LogP contribution < -0.4 is 5.32 Å². The maximum absolute atomic E-state index is 3.46. The van der Waals surface area contributed by atoms with Gasteiger partial charge < -0.3 is 5.32 Å². The van der Waals surface area contributed by atoms with Gasteiger partial charge in [0, 0.05) is 23.1 Å². The summed E-state index contributed by atoms with van der Waals surface area (Å²) in [7, 11) is 0. The lowest BCUT2D eigenvalue weighted by atomic mass is 10.2. The largest absolute Gasteiger partial charge is 0.312 e. The normalized spacial score (nSPS) is 11.6. The molecule has 0 saturated heterocycles. The van der Waals surface area contributed by atoms with E-state index in [2.05, 4.69) is 48.3 Å². The van der Waals surface area contributed by atoms with Crippen LogP contribution in [0.5, 0.6) is 0 Å². The Labute approximate surface area is 103 Å². The monoisotopic (exact) mass is 233 g/mol. The van der Waals surface area contributed by atoms with Gasteiger partial charge in [-0.2, -0.15) is 0 Å². The van der Waals surface area contributed by atoms with Gasteiger partial charge in [0.1, 0.15) is 0 Å². The first-order valence-electron chi connectivity index (χ1n) is 5.67. The highest BCUT2D eigenvalue weighted by Crippen LogP contribution is 2.18. The molecule has 0 aliphatic heterocycles. The van der Waals surface area contributed by atoms with E-state index in [-0.39, 0.29) is 0 Å². The number of thioether (sulfide) groups is 1. The molecule has 0 fully saturated rings. The lowest BCUT2D eigenvalue weighted by Crippen LogP contribution is -2.30. The fraction of sp³-hybridized carbons (Fsp3) is 0.429. The second-order valence-electron chi connectivity index (χ2n) is 3.51. The molecule has 0 saturated carbocycles. The molecule has 1 atom stereocenters. The van der Waals surface area contributed by atoms with Gasteiger partial charge in [-0.15, -0.1) is 23.6 Å².